The third kappa shape index (κ3) is 4.94. The van der Waals surface area contributed by atoms with Gasteiger partial charge in [0, 0.05) is 17.1 Å². The summed E-state index contributed by atoms with van der Waals surface area (Å²) < 4.78 is 11.3. The van der Waals surface area contributed by atoms with Gasteiger partial charge in [-0.05, 0) is 80.5 Å². The normalized spacial score (nSPS) is 15.3. The van der Waals surface area contributed by atoms with Gasteiger partial charge in [0.05, 0.1) is 19.4 Å². The summed E-state index contributed by atoms with van der Waals surface area (Å²) in [6.45, 7) is 8.23. The Bertz CT molecular complexity index is 1130. The summed E-state index contributed by atoms with van der Waals surface area (Å²) in [6, 6.07) is 10.3. The smallest absolute Gasteiger partial charge is 0.270 e. The van der Waals surface area contributed by atoms with Crippen molar-refractivity contribution in [3.05, 3.63) is 70.8 Å². The number of thiocarbonyl (C=S) groups is 1. The highest BCUT2D eigenvalue weighted by molar-refractivity contribution is 7.80. The molecule has 0 bridgehead atoms. The first-order chi connectivity index (χ1) is 15.9. The molecule has 1 aliphatic rings. The number of hydrogen-bond donors (Lipinski definition) is 0. The maximum absolute atomic E-state index is 13.5. The molecule has 0 N–H and O–H groups in total. The largest absolute Gasteiger partial charge is 0.493 e. The van der Waals surface area contributed by atoms with E-state index in [1.54, 1.807) is 56.5 Å². The Balaban J connectivity index is 2.14. The topological polar surface area (TPSA) is 59.1 Å². The molecule has 0 aromatic heterocycles. The first-order valence-corrected chi connectivity index (χ1v) is 11.3. The number of benzene rings is 2. The zero-order chi connectivity index (χ0) is 24.1. The molecule has 0 aliphatic carbocycles. The van der Waals surface area contributed by atoms with E-state index in [-0.39, 0.29) is 10.7 Å². The minimum Gasteiger partial charge on any atom is -0.493 e. The molecule has 0 spiro atoms. The third-order valence-electron chi connectivity index (χ3n) is 5.07. The predicted octanol–water partition coefficient (Wildman–Crippen LogP) is 5.04. The number of likely N-dealkylation sites (N-methyl/N-ethyl adjacent to an activating group) is 1. The fourth-order valence-electron chi connectivity index (χ4n) is 3.61. The van der Waals surface area contributed by atoms with Crippen molar-refractivity contribution in [2.24, 2.45) is 0 Å². The van der Waals surface area contributed by atoms with Crippen molar-refractivity contribution in [3.63, 3.8) is 0 Å². The number of methoxy groups -OCH3 is 1. The predicted molar refractivity (Wildman–Crippen MR) is 135 cm³/mol. The number of halogens is 1. The van der Waals surface area contributed by atoms with E-state index in [9.17, 15) is 9.59 Å². The zero-order valence-electron chi connectivity index (χ0n) is 18.8. The summed E-state index contributed by atoms with van der Waals surface area (Å²) in [5.41, 5.74) is 1.99. The number of rotatable bonds is 8. The monoisotopic (exact) mass is 484 g/mol. The van der Waals surface area contributed by atoms with E-state index >= 15 is 0 Å². The van der Waals surface area contributed by atoms with Crippen LogP contribution in [0.5, 0.6) is 11.5 Å². The highest BCUT2D eigenvalue weighted by atomic mass is 35.5. The first kappa shape index (κ1) is 24.5. The highest BCUT2D eigenvalue weighted by Gasteiger charge is 2.39. The van der Waals surface area contributed by atoms with E-state index in [0.717, 1.165) is 5.56 Å². The van der Waals surface area contributed by atoms with Gasteiger partial charge >= 0.3 is 0 Å². The first-order valence-electron chi connectivity index (χ1n) is 10.5. The molecule has 2 aromatic rings. The van der Waals surface area contributed by atoms with Crippen molar-refractivity contribution in [1.82, 2.24) is 4.90 Å². The number of carbonyl (C=O) groups is 2. The Kier molecular flexibility index (Phi) is 7.89. The quantitative estimate of drug-likeness (QED) is 0.227. The van der Waals surface area contributed by atoms with Gasteiger partial charge in [0.2, 0.25) is 0 Å². The molecule has 2 amide bonds. The molecular formula is C25H25ClN2O4S. The fraction of sp³-hybridized carbons (Fsp3) is 0.240. The van der Waals surface area contributed by atoms with Crippen LogP contribution >= 0.6 is 23.8 Å². The molecule has 3 rings (SSSR count). The van der Waals surface area contributed by atoms with E-state index in [2.05, 4.69) is 6.58 Å². The van der Waals surface area contributed by atoms with Crippen LogP contribution in [-0.2, 0) is 16.0 Å². The second-order valence-corrected chi connectivity index (χ2v) is 7.95. The molecule has 8 heteroatoms. The fourth-order valence-corrected chi connectivity index (χ4v) is 4.13. The summed E-state index contributed by atoms with van der Waals surface area (Å²) in [5.74, 6) is 0.173. The van der Waals surface area contributed by atoms with Crippen molar-refractivity contribution in [3.8, 4) is 11.5 Å². The summed E-state index contributed by atoms with van der Waals surface area (Å²) in [4.78, 5) is 29.4. The number of amides is 2. The van der Waals surface area contributed by atoms with Crippen molar-refractivity contribution < 1.29 is 19.1 Å². The van der Waals surface area contributed by atoms with Crippen LogP contribution in [0.2, 0.25) is 5.02 Å². The average molecular weight is 485 g/mol. The minimum absolute atomic E-state index is 0.00225. The van der Waals surface area contributed by atoms with E-state index in [1.807, 2.05) is 13.0 Å². The molecule has 1 aliphatic heterocycles. The molecule has 1 heterocycles. The second kappa shape index (κ2) is 10.6. The number of allylic oxidation sites excluding steroid dienone is 1. The number of nitrogens with zero attached hydrogens (tertiary/aromatic N) is 2. The van der Waals surface area contributed by atoms with Crippen LogP contribution in [0.3, 0.4) is 0 Å². The number of carbonyl (C=O) groups excluding carboxylic acids is 2. The minimum atomic E-state index is -0.504. The van der Waals surface area contributed by atoms with Crippen molar-refractivity contribution >= 4 is 52.5 Å². The molecule has 0 unspecified atom stereocenters. The van der Waals surface area contributed by atoms with Crippen LogP contribution in [0.4, 0.5) is 5.69 Å². The molecule has 0 saturated carbocycles. The van der Waals surface area contributed by atoms with Crippen LogP contribution in [0.25, 0.3) is 6.08 Å². The summed E-state index contributed by atoms with van der Waals surface area (Å²) in [7, 11) is 1.57. The Morgan fingerprint density at radius 1 is 1.12 bits per heavy atom. The summed E-state index contributed by atoms with van der Waals surface area (Å²) in [6.07, 6.45) is 3.84. The van der Waals surface area contributed by atoms with Gasteiger partial charge in [-0.3, -0.25) is 19.4 Å². The van der Waals surface area contributed by atoms with Crippen LogP contribution in [0.15, 0.2) is 54.6 Å². The van der Waals surface area contributed by atoms with Crippen molar-refractivity contribution in [1.29, 1.82) is 0 Å². The van der Waals surface area contributed by atoms with Gasteiger partial charge in [-0.2, -0.15) is 0 Å². The Morgan fingerprint density at radius 2 is 1.82 bits per heavy atom. The van der Waals surface area contributed by atoms with Crippen LogP contribution in [-0.4, -0.2) is 42.1 Å². The molecule has 1 saturated heterocycles. The molecule has 0 atom stereocenters. The molecule has 33 heavy (non-hydrogen) atoms. The number of anilines is 1. The standard InChI is InChI=1S/C25H25ClN2O4S/c1-5-8-17-13-16(15-21(32-7-3)22(17)31-4)14-20-23(29)27(6-2)25(33)28(24(20)30)19-11-9-18(26)10-12-19/h5,9-15H,1,6-8H2,2-4H3/b20-14+. The number of ether oxygens (including phenoxy) is 2. The lowest BCUT2D eigenvalue weighted by Gasteiger charge is -2.36. The SMILES string of the molecule is C=CCc1cc(/C=C2\C(=O)N(CC)C(=S)N(c3ccc(Cl)cc3)C2=O)cc(OCC)c1OC. The number of hydrogen-bond acceptors (Lipinski definition) is 5. The highest BCUT2D eigenvalue weighted by Crippen LogP contribution is 2.35. The molecular weight excluding hydrogens is 460 g/mol. The van der Waals surface area contributed by atoms with Gasteiger partial charge < -0.3 is 9.47 Å². The van der Waals surface area contributed by atoms with Crippen molar-refractivity contribution in [2.45, 2.75) is 20.3 Å². The molecule has 2 aromatic carbocycles. The summed E-state index contributed by atoms with van der Waals surface area (Å²) in [5, 5.41) is 0.661. The van der Waals surface area contributed by atoms with Crippen LogP contribution in [0, 0.1) is 0 Å². The molecule has 1 fully saturated rings. The second-order valence-electron chi connectivity index (χ2n) is 7.14. The van der Waals surface area contributed by atoms with Gasteiger partial charge in [-0.15, -0.1) is 6.58 Å². The lowest BCUT2D eigenvalue weighted by Crippen LogP contribution is -2.56. The summed E-state index contributed by atoms with van der Waals surface area (Å²) >= 11 is 11.5. The van der Waals surface area contributed by atoms with Gasteiger partial charge in [0.1, 0.15) is 5.57 Å². The van der Waals surface area contributed by atoms with E-state index < -0.39 is 11.8 Å². The Labute approximate surface area is 204 Å². The van der Waals surface area contributed by atoms with E-state index in [0.29, 0.717) is 47.3 Å². The molecule has 172 valence electrons. The van der Waals surface area contributed by atoms with Gasteiger partial charge in [0.15, 0.2) is 16.6 Å². The average Bonchev–Trinajstić information content (AvgIpc) is 2.79. The lowest BCUT2D eigenvalue weighted by molar-refractivity contribution is -0.127. The molecule has 6 nitrogen and oxygen atoms in total. The zero-order valence-corrected chi connectivity index (χ0v) is 20.3. The van der Waals surface area contributed by atoms with Gasteiger partial charge in [-0.25, -0.2) is 0 Å². The van der Waals surface area contributed by atoms with Crippen molar-refractivity contribution in [2.75, 3.05) is 25.2 Å². The third-order valence-corrected chi connectivity index (χ3v) is 5.72. The van der Waals surface area contributed by atoms with E-state index in [1.165, 1.54) is 9.80 Å². The van der Waals surface area contributed by atoms with Gasteiger partial charge in [-0.1, -0.05) is 17.7 Å². The van der Waals surface area contributed by atoms with Crippen LogP contribution < -0.4 is 14.4 Å². The maximum atomic E-state index is 13.5. The van der Waals surface area contributed by atoms with Gasteiger partial charge in [0.25, 0.3) is 11.8 Å². The Morgan fingerprint density at radius 3 is 2.39 bits per heavy atom. The van der Waals surface area contributed by atoms with E-state index in [4.69, 9.17) is 33.3 Å². The lowest BCUT2D eigenvalue weighted by atomic mass is 10.0. The van der Waals surface area contributed by atoms with Crippen LogP contribution in [0.1, 0.15) is 25.0 Å². The maximum Gasteiger partial charge on any atom is 0.270 e. The molecule has 0 radical (unpaired) electrons. The Hall–Kier alpha value is -3.16.